The molecule has 0 saturated heterocycles. The molecule has 3 heterocycles. The van der Waals surface area contributed by atoms with Crippen LogP contribution >= 0.6 is 0 Å². The molecule has 18 heavy (non-hydrogen) atoms. The predicted octanol–water partition coefficient (Wildman–Crippen LogP) is 1.50. The number of aromatic amines is 1. The fraction of sp³-hybridized carbons (Fsp3) is 0.0909. The van der Waals surface area contributed by atoms with Gasteiger partial charge in [0.2, 0.25) is 0 Å². The molecule has 0 unspecified atom stereocenters. The van der Waals surface area contributed by atoms with Crippen LogP contribution in [0.5, 0.6) is 0 Å². The van der Waals surface area contributed by atoms with Crippen LogP contribution in [0.1, 0.15) is 5.56 Å². The molecule has 3 aromatic rings. The lowest BCUT2D eigenvalue weighted by atomic mass is 10.3. The smallest absolute Gasteiger partial charge is 0.312 e. The molecule has 0 aliphatic carbocycles. The molecule has 3 rings (SSSR count). The average molecular weight is 244 g/mol. The Hall–Kier alpha value is -2.57. The molecule has 90 valence electrons. The molecule has 0 saturated carbocycles. The summed E-state index contributed by atoms with van der Waals surface area (Å²) in [7, 11) is 0. The van der Waals surface area contributed by atoms with Gasteiger partial charge in [0.1, 0.15) is 5.52 Å². The molecule has 0 aromatic carbocycles. The number of nitrogens with one attached hydrogen (secondary N) is 2. The van der Waals surface area contributed by atoms with Crippen molar-refractivity contribution in [3.8, 4) is 0 Å². The molecule has 0 aliphatic heterocycles. The fourth-order valence-corrected chi connectivity index (χ4v) is 1.62. The summed E-state index contributed by atoms with van der Waals surface area (Å²) in [6.07, 6.45) is 4.08. The van der Waals surface area contributed by atoms with E-state index in [-0.39, 0.29) is 0 Å². The van der Waals surface area contributed by atoms with Gasteiger partial charge in [0.25, 0.3) is 0 Å². The molecule has 0 aliphatic rings. The van der Waals surface area contributed by atoms with Gasteiger partial charge in [-0.3, -0.25) is 4.98 Å². The van der Waals surface area contributed by atoms with Gasteiger partial charge in [-0.15, -0.1) is 0 Å². The Morgan fingerprint density at radius 3 is 3.11 bits per heavy atom. The molecule has 2 N–H and O–H groups in total. The number of rotatable bonds is 3. The monoisotopic (exact) mass is 244 g/mol. The van der Waals surface area contributed by atoms with Gasteiger partial charge < -0.3 is 10.3 Å². The Bertz CT molecular complexity index is 666. The van der Waals surface area contributed by atoms with E-state index in [9.17, 15) is 4.39 Å². The molecular weight excluding hydrogens is 235 g/mol. The molecule has 3 aromatic heterocycles. The van der Waals surface area contributed by atoms with E-state index < -0.39 is 6.08 Å². The van der Waals surface area contributed by atoms with Crippen molar-refractivity contribution in [1.82, 2.24) is 24.9 Å². The lowest BCUT2D eigenvalue weighted by Crippen LogP contribution is -2.04. The van der Waals surface area contributed by atoms with Crippen molar-refractivity contribution in [3.05, 3.63) is 42.5 Å². The van der Waals surface area contributed by atoms with Gasteiger partial charge in [-0.05, 0) is 11.6 Å². The van der Waals surface area contributed by atoms with Crippen LogP contribution < -0.4 is 5.32 Å². The van der Waals surface area contributed by atoms with Gasteiger partial charge in [-0.1, -0.05) is 6.07 Å². The van der Waals surface area contributed by atoms with Crippen molar-refractivity contribution in [2.75, 3.05) is 5.32 Å². The summed E-state index contributed by atoms with van der Waals surface area (Å²) in [5.74, 6) is 0.364. The van der Waals surface area contributed by atoms with Crippen molar-refractivity contribution >= 4 is 17.0 Å². The summed E-state index contributed by atoms with van der Waals surface area (Å²) in [4.78, 5) is 18.1. The minimum atomic E-state index is -0.791. The summed E-state index contributed by atoms with van der Waals surface area (Å²) < 4.78 is 13.2. The first-order chi connectivity index (χ1) is 8.83. The Labute approximate surface area is 101 Å². The summed E-state index contributed by atoms with van der Waals surface area (Å²) in [6, 6.07) is 3.75. The molecule has 0 atom stereocenters. The SMILES string of the molecule is Fc1nc(NCc2cccnc2)c2nc[nH]c2n1. The lowest BCUT2D eigenvalue weighted by Gasteiger charge is -2.05. The van der Waals surface area contributed by atoms with E-state index in [2.05, 4.69) is 30.2 Å². The van der Waals surface area contributed by atoms with Crippen LogP contribution in [0, 0.1) is 6.08 Å². The minimum absolute atomic E-state index is 0.364. The first-order valence-electron chi connectivity index (χ1n) is 5.32. The maximum Gasteiger partial charge on any atom is 0.312 e. The Kier molecular flexibility index (Phi) is 2.56. The van der Waals surface area contributed by atoms with Crippen LogP contribution in [0.3, 0.4) is 0 Å². The van der Waals surface area contributed by atoms with Crippen molar-refractivity contribution in [2.45, 2.75) is 6.54 Å². The highest BCUT2D eigenvalue weighted by molar-refractivity contribution is 5.81. The van der Waals surface area contributed by atoms with Crippen LogP contribution in [0.2, 0.25) is 0 Å². The number of H-pyrrole nitrogens is 1. The standard InChI is InChI=1S/C11H9FN6/c12-11-17-9(8-10(18-11)16-6-15-8)14-5-7-2-1-3-13-4-7/h1-4,6H,5H2,(H2,14,15,16,17,18). The van der Waals surface area contributed by atoms with E-state index in [0.717, 1.165) is 5.56 Å². The molecule has 0 radical (unpaired) electrons. The van der Waals surface area contributed by atoms with Crippen molar-refractivity contribution in [3.63, 3.8) is 0 Å². The Balaban J connectivity index is 1.88. The number of aromatic nitrogens is 5. The van der Waals surface area contributed by atoms with Crippen molar-refractivity contribution in [1.29, 1.82) is 0 Å². The zero-order valence-electron chi connectivity index (χ0n) is 9.26. The van der Waals surface area contributed by atoms with E-state index in [0.29, 0.717) is 23.5 Å². The molecule has 0 amide bonds. The van der Waals surface area contributed by atoms with Crippen LogP contribution in [0.4, 0.5) is 10.2 Å². The molecular formula is C11H9FN6. The summed E-state index contributed by atoms with van der Waals surface area (Å²) in [5, 5.41) is 3.02. The molecule has 6 nitrogen and oxygen atoms in total. The Morgan fingerprint density at radius 2 is 2.28 bits per heavy atom. The van der Waals surface area contributed by atoms with Gasteiger partial charge in [0.15, 0.2) is 11.5 Å². The van der Waals surface area contributed by atoms with E-state index in [1.54, 1.807) is 12.4 Å². The highest BCUT2D eigenvalue weighted by atomic mass is 19.1. The second-order valence-electron chi connectivity index (χ2n) is 3.66. The van der Waals surface area contributed by atoms with E-state index in [1.165, 1.54) is 6.33 Å². The minimum Gasteiger partial charge on any atom is -0.364 e. The van der Waals surface area contributed by atoms with E-state index in [4.69, 9.17) is 0 Å². The van der Waals surface area contributed by atoms with Crippen LogP contribution in [-0.2, 0) is 6.54 Å². The number of pyridine rings is 1. The normalized spacial score (nSPS) is 10.7. The third kappa shape index (κ3) is 1.97. The van der Waals surface area contributed by atoms with Gasteiger partial charge in [0, 0.05) is 18.9 Å². The second-order valence-corrected chi connectivity index (χ2v) is 3.66. The zero-order chi connectivity index (χ0) is 12.4. The number of imidazole rings is 1. The van der Waals surface area contributed by atoms with Crippen molar-refractivity contribution in [2.24, 2.45) is 0 Å². The Morgan fingerprint density at radius 1 is 1.33 bits per heavy atom. The number of halogens is 1. The third-order valence-electron chi connectivity index (χ3n) is 2.43. The van der Waals surface area contributed by atoms with Crippen LogP contribution in [-0.4, -0.2) is 24.9 Å². The first-order valence-corrected chi connectivity index (χ1v) is 5.32. The predicted molar refractivity (Wildman–Crippen MR) is 63.2 cm³/mol. The van der Waals surface area contributed by atoms with E-state index in [1.807, 2.05) is 12.1 Å². The largest absolute Gasteiger partial charge is 0.364 e. The third-order valence-corrected chi connectivity index (χ3v) is 2.43. The summed E-state index contributed by atoms with van der Waals surface area (Å²) in [6.45, 7) is 0.492. The quantitative estimate of drug-likeness (QED) is 0.682. The highest BCUT2D eigenvalue weighted by Gasteiger charge is 2.09. The topological polar surface area (TPSA) is 79.4 Å². The van der Waals surface area contributed by atoms with Gasteiger partial charge in [-0.2, -0.15) is 14.4 Å². The van der Waals surface area contributed by atoms with Crippen LogP contribution in [0.25, 0.3) is 11.2 Å². The first kappa shape index (κ1) is 10.6. The second kappa shape index (κ2) is 4.36. The van der Waals surface area contributed by atoms with Crippen LogP contribution in [0.15, 0.2) is 30.9 Å². The van der Waals surface area contributed by atoms with E-state index >= 15 is 0 Å². The van der Waals surface area contributed by atoms with Crippen molar-refractivity contribution < 1.29 is 4.39 Å². The summed E-state index contributed by atoms with van der Waals surface area (Å²) >= 11 is 0. The van der Waals surface area contributed by atoms with Gasteiger partial charge >= 0.3 is 6.08 Å². The van der Waals surface area contributed by atoms with Gasteiger partial charge in [-0.25, -0.2) is 4.98 Å². The number of fused-ring (bicyclic) bond motifs is 1. The maximum absolute atomic E-state index is 13.2. The number of hydrogen-bond acceptors (Lipinski definition) is 5. The molecule has 0 spiro atoms. The molecule has 0 bridgehead atoms. The average Bonchev–Trinajstić information content (AvgIpc) is 2.85. The zero-order valence-corrected chi connectivity index (χ0v) is 9.26. The highest BCUT2D eigenvalue weighted by Crippen LogP contribution is 2.16. The number of hydrogen-bond donors (Lipinski definition) is 2. The molecule has 7 heteroatoms. The van der Waals surface area contributed by atoms with Gasteiger partial charge in [0.05, 0.1) is 6.33 Å². The lowest BCUT2D eigenvalue weighted by molar-refractivity contribution is 0.545. The summed E-state index contributed by atoms with van der Waals surface area (Å²) in [5.41, 5.74) is 1.86. The number of anilines is 1. The number of nitrogens with zero attached hydrogens (tertiary/aromatic N) is 4. The fourth-order valence-electron chi connectivity index (χ4n) is 1.62. The molecule has 0 fully saturated rings. The maximum atomic E-state index is 13.2.